The summed E-state index contributed by atoms with van der Waals surface area (Å²) in [7, 11) is 0. The summed E-state index contributed by atoms with van der Waals surface area (Å²) in [6, 6.07) is 7.75. The van der Waals surface area contributed by atoms with E-state index in [1.807, 2.05) is 31.2 Å². The molecule has 118 valence electrons. The summed E-state index contributed by atoms with van der Waals surface area (Å²) in [5, 5.41) is 2.92. The van der Waals surface area contributed by atoms with Crippen LogP contribution in [-0.2, 0) is 11.2 Å². The molecule has 0 atom stereocenters. The van der Waals surface area contributed by atoms with Crippen molar-refractivity contribution in [1.29, 1.82) is 0 Å². The summed E-state index contributed by atoms with van der Waals surface area (Å²) < 4.78 is 6.65. The number of hydrogen-bond donors (Lipinski definition) is 1. The van der Waals surface area contributed by atoms with Crippen LogP contribution in [-0.4, -0.2) is 17.4 Å². The number of aryl methyl sites for hydroxylation is 1. The Morgan fingerprint density at radius 1 is 1.41 bits per heavy atom. The first kappa shape index (κ1) is 16.7. The number of aromatic nitrogens is 1. The number of nitrogens with zero attached hydrogens (tertiary/aromatic N) is 1. The molecule has 0 aliphatic rings. The van der Waals surface area contributed by atoms with E-state index in [1.54, 1.807) is 0 Å². The number of oxazole rings is 1. The molecular weight excluding hydrogens is 344 g/mol. The highest BCUT2D eigenvalue weighted by atomic mass is 79.9. The molecule has 1 heterocycles. The van der Waals surface area contributed by atoms with Crippen LogP contribution >= 0.6 is 15.9 Å². The van der Waals surface area contributed by atoms with E-state index in [4.69, 9.17) is 4.42 Å². The Morgan fingerprint density at radius 2 is 2.18 bits per heavy atom. The zero-order valence-corrected chi connectivity index (χ0v) is 14.7. The van der Waals surface area contributed by atoms with E-state index >= 15 is 0 Å². The van der Waals surface area contributed by atoms with E-state index in [9.17, 15) is 4.79 Å². The van der Waals surface area contributed by atoms with Crippen molar-refractivity contribution < 1.29 is 9.21 Å². The number of nitrogens with one attached hydrogen (secondary N) is 1. The van der Waals surface area contributed by atoms with E-state index in [2.05, 4.69) is 40.1 Å². The highest BCUT2D eigenvalue weighted by molar-refractivity contribution is 9.10. The predicted molar refractivity (Wildman–Crippen MR) is 90.5 cm³/mol. The smallest absolute Gasteiger partial charge is 0.226 e. The lowest BCUT2D eigenvalue weighted by Crippen LogP contribution is -2.27. The molecule has 0 aliphatic carbocycles. The molecule has 5 heteroatoms. The minimum Gasteiger partial charge on any atom is -0.441 e. The minimum absolute atomic E-state index is 0.0159. The quantitative estimate of drug-likeness (QED) is 0.838. The Balaban J connectivity index is 2.02. The molecule has 2 aromatic rings. The summed E-state index contributed by atoms with van der Waals surface area (Å²) in [6.07, 6.45) is 1.23. The highest BCUT2D eigenvalue weighted by Gasteiger charge is 2.14. The fourth-order valence-corrected chi connectivity index (χ4v) is 2.45. The summed E-state index contributed by atoms with van der Waals surface area (Å²) >= 11 is 3.43. The van der Waals surface area contributed by atoms with Gasteiger partial charge in [-0.25, -0.2) is 4.98 Å². The summed E-state index contributed by atoms with van der Waals surface area (Å²) in [5.41, 5.74) is 1.58. The Labute approximate surface area is 139 Å². The number of carbonyl (C=O) groups is 1. The van der Waals surface area contributed by atoms with E-state index in [1.165, 1.54) is 0 Å². The van der Waals surface area contributed by atoms with Gasteiger partial charge in [-0.1, -0.05) is 35.8 Å². The van der Waals surface area contributed by atoms with E-state index in [0.717, 1.165) is 16.5 Å². The normalized spacial score (nSPS) is 11.0. The van der Waals surface area contributed by atoms with Crippen LogP contribution in [0.25, 0.3) is 11.5 Å². The maximum atomic E-state index is 11.9. The Morgan fingerprint density at radius 3 is 2.86 bits per heavy atom. The average Bonchev–Trinajstić information content (AvgIpc) is 2.80. The van der Waals surface area contributed by atoms with Gasteiger partial charge >= 0.3 is 0 Å². The molecule has 0 saturated heterocycles. The molecule has 1 N–H and O–H groups in total. The lowest BCUT2D eigenvalue weighted by atomic mass is 10.1. The van der Waals surface area contributed by atoms with Crippen molar-refractivity contribution in [2.24, 2.45) is 5.92 Å². The molecule has 4 nitrogen and oxygen atoms in total. The van der Waals surface area contributed by atoms with Gasteiger partial charge in [0.2, 0.25) is 11.8 Å². The van der Waals surface area contributed by atoms with Crippen molar-refractivity contribution in [3.05, 3.63) is 40.2 Å². The van der Waals surface area contributed by atoms with Crippen LogP contribution in [0.5, 0.6) is 0 Å². The highest BCUT2D eigenvalue weighted by Crippen LogP contribution is 2.24. The fraction of sp³-hybridized carbons (Fsp3) is 0.412. The molecule has 1 amide bonds. The first-order chi connectivity index (χ1) is 10.5. The fourth-order valence-electron chi connectivity index (χ4n) is 2.05. The molecule has 0 saturated carbocycles. The van der Waals surface area contributed by atoms with Crippen LogP contribution in [0.4, 0.5) is 0 Å². The molecule has 1 aromatic heterocycles. The third-order valence-corrected chi connectivity index (χ3v) is 3.83. The molecule has 22 heavy (non-hydrogen) atoms. The van der Waals surface area contributed by atoms with Gasteiger partial charge in [-0.2, -0.15) is 0 Å². The van der Waals surface area contributed by atoms with Gasteiger partial charge in [-0.15, -0.1) is 0 Å². The van der Waals surface area contributed by atoms with Crippen molar-refractivity contribution in [3.8, 4) is 11.5 Å². The van der Waals surface area contributed by atoms with Crippen LogP contribution in [0.15, 0.2) is 33.2 Å². The molecule has 0 radical (unpaired) electrons. The second kappa shape index (κ2) is 7.58. The van der Waals surface area contributed by atoms with Gasteiger partial charge < -0.3 is 9.73 Å². The number of carbonyl (C=O) groups excluding carboxylic acids is 1. The van der Waals surface area contributed by atoms with Gasteiger partial charge in [-0.05, 0) is 37.5 Å². The number of halogens is 1. The van der Waals surface area contributed by atoms with E-state index < -0.39 is 0 Å². The first-order valence-electron chi connectivity index (χ1n) is 7.44. The maximum absolute atomic E-state index is 11.9. The average molecular weight is 365 g/mol. The SMILES string of the molecule is Cc1oc(-c2cccc(Br)c2)nc1CC(=O)NCCC(C)C. The first-order valence-corrected chi connectivity index (χ1v) is 8.24. The van der Waals surface area contributed by atoms with E-state index in [-0.39, 0.29) is 12.3 Å². The van der Waals surface area contributed by atoms with Crippen molar-refractivity contribution in [2.75, 3.05) is 6.54 Å². The van der Waals surface area contributed by atoms with Crippen LogP contribution in [0.2, 0.25) is 0 Å². The zero-order chi connectivity index (χ0) is 16.1. The standard InChI is InChI=1S/C17H21BrN2O2/c1-11(2)7-8-19-16(21)10-15-12(3)22-17(20-15)13-5-4-6-14(18)9-13/h4-6,9,11H,7-8,10H2,1-3H3,(H,19,21). The third kappa shape index (κ3) is 4.70. The minimum atomic E-state index is -0.0159. The van der Waals surface area contributed by atoms with Crippen LogP contribution < -0.4 is 5.32 Å². The number of hydrogen-bond acceptors (Lipinski definition) is 3. The van der Waals surface area contributed by atoms with Crippen LogP contribution in [0.1, 0.15) is 31.7 Å². The largest absolute Gasteiger partial charge is 0.441 e. The van der Waals surface area contributed by atoms with Gasteiger partial charge in [0.15, 0.2) is 0 Å². The lowest BCUT2D eigenvalue weighted by Gasteiger charge is -2.06. The second-order valence-corrected chi connectivity index (χ2v) is 6.66. The van der Waals surface area contributed by atoms with Gasteiger partial charge in [0.25, 0.3) is 0 Å². The molecule has 0 spiro atoms. The third-order valence-electron chi connectivity index (χ3n) is 3.34. The van der Waals surface area contributed by atoms with Gasteiger partial charge in [-0.3, -0.25) is 4.79 Å². The van der Waals surface area contributed by atoms with Gasteiger partial charge in [0, 0.05) is 16.6 Å². The summed E-state index contributed by atoms with van der Waals surface area (Å²) in [4.78, 5) is 16.4. The Hall–Kier alpha value is -1.62. The molecule has 1 aromatic carbocycles. The Kier molecular flexibility index (Phi) is 5.77. The number of rotatable bonds is 6. The van der Waals surface area contributed by atoms with Crippen LogP contribution in [0.3, 0.4) is 0 Å². The summed E-state index contributed by atoms with van der Waals surface area (Å²) in [6.45, 7) is 6.81. The lowest BCUT2D eigenvalue weighted by molar-refractivity contribution is -0.120. The van der Waals surface area contributed by atoms with Crippen molar-refractivity contribution >= 4 is 21.8 Å². The van der Waals surface area contributed by atoms with Crippen LogP contribution in [0, 0.1) is 12.8 Å². The molecule has 0 fully saturated rings. The topological polar surface area (TPSA) is 55.1 Å². The van der Waals surface area contributed by atoms with Gasteiger partial charge in [0.1, 0.15) is 5.76 Å². The molecule has 0 unspecified atom stereocenters. The predicted octanol–water partition coefficient (Wildman–Crippen LogP) is 4.12. The number of amides is 1. The van der Waals surface area contributed by atoms with Crippen molar-refractivity contribution in [2.45, 2.75) is 33.6 Å². The monoisotopic (exact) mass is 364 g/mol. The second-order valence-electron chi connectivity index (χ2n) is 5.74. The van der Waals surface area contributed by atoms with Crippen molar-refractivity contribution in [3.63, 3.8) is 0 Å². The Bertz CT molecular complexity index is 650. The molecule has 0 bridgehead atoms. The number of benzene rings is 1. The summed E-state index contributed by atoms with van der Waals surface area (Å²) in [5.74, 6) is 1.80. The maximum Gasteiger partial charge on any atom is 0.226 e. The van der Waals surface area contributed by atoms with Crippen molar-refractivity contribution in [1.82, 2.24) is 10.3 Å². The molecule has 2 rings (SSSR count). The zero-order valence-electron chi connectivity index (χ0n) is 13.1. The van der Waals surface area contributed by atoms with E-state index in [0.29, 0.717) is 29.8 Å². The molecule has 0 aliphatic heterocycles. The van der Waals surface area contributed by atoms with Gasteiger partial charge in [0.05, 0.1) is 12.1 Å². The molecular formula is C17H21BrN2O2.